The van der Waals surface area contributed by atoms with Gasteiger partial charge in [-0.3, -0.25) is 9.69 Å². The number of aliphatic hydroxyl groups excluding tert-OH is 1. The van der Waals surface area contributed by atoms with Crippen molar-refractivity contribution in [2.24, 2.45) is 0 Å². The summed E-state index contributed by atoms with van der Waals surface area (Å²) in [5.41, 5.74) is 3.18. The number of hydrogen-bond acceptors (Lipinski definition) is 4. The molecule has 3 aromatic carbocycles. The van der Waals surface area contributed by atoms with Gasteiger partial charge in [0.15, 0.2) is 0 Å². The summed E-state index contributed by atoms with van der Waals surface area (Å²) in [5.74, 6) is 1.19. The van der Waals surface area contributed by atoms with Crippen LogP contribution in [0.3, 0.4) is 0 Å². The molecule has 0 aliphatic carbocycles. The Morgan fingerprint density at radius 2 is 1.61 bits per heavy atom. The maximum atomic E-state index is 13.0. The molecule has 0 unspecified atom stereocenters. The lowest BCUT2D eigenvalue weighted by Crippen LogP contribution is -2.84. The van der Waals surface area contributed by atoms with E-state index in [1.54, 1.807) is 7.11 Å². The number of amides is 1. The van der Waals surface area contributed by atoms with Crippen LogP contribution in [-0.2, 0) is 17.8 Å². The smallest absolute Gasteiger partial charge is 0.227 e. The molecule has 0 aromatic heterocycles. The van der Waals surface area contributed by atoms with Crippen LogP contribution in [0.1, 0.15) is 22.6 Å². The van der Waals surface area contributed by atoms with Gasteiger partial charge in [-0.2, -0.15) is 0 Å². The molecule has 2 aliphatic heterocycles. The Morgan fingerprint density at radius 3 is 2.27 bits per heavy atom. The first-order valence-electron chi connectivity index (χ1n) is 11.5. The highest BCUT2D eigenvalue weighted by Crippen LogP contribution is 2.54. The lowest BCUT2D eigenvalue weighted by molar-refractivity contribution is -0.200. The third-order valence-electron chi connectivity index (χ3n) is 7.30. The Kier molecular flexibility index (Phi) is 5.92. The summed E-state index contributed by atoms with van der Waals surface area (Å²) < 4.78 is 5.59. The fraction of sp³-hybridized carbons (Fsp3) is 0.321. The number of hydrogen-bond donors (Lipinski definition) is 1. The van der Waals surface area contributed by atoms with Crippen LogP contribution in [-0.4, -0.2) is 59.2 Å². The molecule has 5 nitrogen and oxygen atoms in total. The summed E-state index contributed by atoms with van der Waals surface area (Å²) in [5, 5.41) is 10.4. The molecule has 1 amide bonds. The topological polar surface area (TPSA) is 53.0 Å². The Labute approximate surface area is 195 Å². The van der Waals surface area contributed by atoms with Gasteiger partial charge in [-0.25, -0.2) is 0 Å². The molecule has 2 fully saturated rings. The number of benzene rings is 3. The molecular formula is C28H30N2O3. The Bertz CT molecular complexity index is 1100. The number of nitrogens with zero attached hydrogens (tertiary/aromatic N) is 2. The zero-order valence-electron chi connectivity index (χ0n) is 18.9. The first-order chi connectivity index (χ1) is 16.2. The minimum atomic E-state index is -0.179. The van der Waals surface area contributed by atoms with Crippen LogP contribution >= 0.6 is 0 Å². The highest BCUT2D eigenvalue weighted by molar-refractivity contribution is 5.80. The fourth-order valence-electron chi connectivity index (χ4n) is 5.71. The van der Waals surface area contributed by atoms with E-state index in [2.05, 4.69) is 35.2 Å². The third-order valence-corrected chi connectivity index (χ3v) is 7.30. The van der Waals surface area contributed by atoms with Gasteiger partial charge in [-0.1, -0.05) is 78.9 Å². The van der Waals surface area contributed by atoms with Crippen LogP contribution < -0.4 is 4.74 Å². The van der Waals surface area contributed by atoms with E-state index in [0.717, 1.165) is 16.9 Å². The van der Waals surface area contributed by atoms with Gasteiger partial charge in [0.2, 0.25) is 5.91 Å². The van der Waals surface area contributed by atoms with Gasteiger partial charge in [-0.15, -0.1) is 0 Å². The van der Waals surface area contributed by atoms with E-state index in [0.29, 0.717) is 26.1 Å². The van der Waals surface area contributed by atoms with Gasteiger partial charge in [-0.05, 0) is 17.2 Å². The van der Waals surface area contributed by atoms with Crippen LogP contribution in [0.2, 0.25) is 0 Å². The Hall–Kier alpha value is -3.15. The largest absolute Gasteiger partial charge is 0.496 e. The first kappa shape index (κ1) is 21.7. The number of likely N-dealkylation sites (tertiary alicyclic amines) is 2. The number of methoxy groups -OCH3 is 1. The number of ether oxygens (including phenoxy) is 1. The van der Waals surface area contributed by atoms with Crippen molar-refractivity contribution >= 4 is 5.91 Å². The van der Waals surface area contributed by atoms with Crippen molar-refractivity contribution in [3.63, 3.8) is 0 Å². The van der Waals surface area contributed by atoms with Crippen molar-refractivity contribution in [3.05, 3.63) is 102 Å². The highest BCUT2D eigenvalue weighted by atomic mass is 16.5. The van der Waals surface area contributed by atoms with Crippen LogP contribution in [0.4, 0.5) is 0 Å². The van der Waals surface area contributed by atoms with Gasteiger partial charge in [0.05, 0.1) is 25.7 Å². The second kappa shape index (κ2) is 9.00. The third kappa shape index (κ3) is 3.81. The molecule has 2 atom stereocenters. The summed E-state index contributed by atoms with van der Waals surface area (Å²) in [7, 11) is 1.69. The number of para-hydroxylation sites is 1. The Morgan fingerprint density at radius 1 is 0.970 bits per heavy atom. The van der Waals surface area contributed by atoms with Crippen LogP contribution in [0.25, 0.3) is 0 Å². The summed E-state index contributed by atoms with van der Waals surface area (Å²) in [6.07, 6.45) is 0.420. The molecule has 33 heavy (non-hydrogen) atoms. The molecule has 2 saturated heterocycles. The van der Waals surface area contributed by atoms with Crippen LogP contribution in [0.5, 0.6) is 5.75 Å². The molecule has 5 heteroatoms. The van der Waals surface area contributed by atoms with E-state index in [1.165, 1.54) is 5.56 Å². The first-order valence-corrected chi connectivity index (χ1v) is 11.5. The molecule has 1 N–H and O–H groups in total. The predicted molar refractivity (Wildman–Crippen MR) is 128 cm³/mol. The number of carbonyl (C=O) groups is 1. The summed E-state index contributed by atoms with van der Waals surface area (Å²) in [4.78, 5) is 17.4. The van der Waals surface area contributed by atoms with E-state index in [1.807, 2.05) is 59.5 Å². The molecule has 0 radical (unpaired) electrons. The average Bonchev–Trinajstić information content (AvgIpc) is 2.82. The van der Waals surface area contributed by atoms with Crippen molar-refractivity contribution in [1.29, 1.82) is 0 Å². The Balaban J connectivity index is 1.40. The molecule has 3 aromatic rings. The molecule has 0 saturated carbocycles. The monoisotopic (exact) mass is 442 g/mol. The maximum absolute atomic E-state index is 13.0. The SMILES string of the molecule is COc1ccccc1CN1[C@@H](CO)[C@@H](c2ccccc2)C12CN(C(=O)Cc1ccccc1)C2. The zero-order valence-corrected chi connectivity index (χ0v) is 18.9. The standard InChI is InChI=1S/C28H30N2O3/c1-33-25-15-9-8-14-23(25)17-30-24(18-31)27(22-12-6-3-7-13-22)28(30)19-29(20-28)26(32)16-21-10-4-2-5-11-21/h2-15,24,27,31H,16-20H2,1H3/t24-,27+/m0/s1. The molecule has 1 spiro atoms. The molecule has 170 valence electrons. The second-order valence-electron chi connectivity index (χ2n) is 9.09. The molecular weight excluding hydrogens is 412 g/mol. The van der Waals surface area contributed by atoms with Crippen molar-refractivity contribution in [2.75, 3.05) is 26.8 Å². The molecule has 2 heterocycles. The van der Waals surface area contributed by atoms with Crippen molar-refractivity contribution in [2.45, 2.75) is 30.5 Å². The summed E-state index contributed by atoms with van der Waals surface area (Å²) in [6.45, 7) is 2.10. The van der Waals surface area contributed by atoms with Gasteiger partial charge in [0.1, 0.15) is 5.75 Å². The predicted octanol–water partition coefficient (Wildman–Crippen LogP) is 3.48. The quantitative estimate of drug-likeness (QED) is 0.609. The van der Waals surface area contributed by atoms with E-state index in [-0.39, 0.29) is 30.0 Å². The second-order valence-corrected chi connectivity index (χ2v) is 9.09. The number of aliphatic hydroxyl groups is 1. The van der Waals surface area contributed by atoms with Gasteiger partial charge < -0.3 is 14.7 Å². The van der Waals surface area contributed by atoms with E-state index in [9.17, 15) is 9.90 Å². The average molecular weight is 443 g/mol. The molecule has 0 bridgehead atoms. The minimum absolute atomic E-state index is 0.00341. The van der Waals surface area contributed by atoms with Crippen molar-refractivity contribution in [3.8, 4) is 5.75 Å². The molecule has 2 aliphatic rings. The van der Waals surface area contributed by atoms with Gasteiger partial charge >= 0.3 is 0 Å². The summed E-state index contributed by atoms with van der Waals surface area (Å²) in [6, 6.07) is 28.4. The van der Waals surface area contributed by atoms with E-state index >= 15 is 0 Å². The molecule has 5 rings (SSSR count). The van der Waals surface area contributed by atoms with Crippen LogP contribution in [0, 0.1) is 0 Å². The fourth-order valence-corrected chi connectivity index (χ4v) is 5.71. The summed E-state index contributed by atoms with van der Waals surface area (Å²) >= 11 is 0. The maximum Gasteiger partial charge on any atom is 0.227 e. The van der Waals surface area contributed by atoms with Crippen molar-refractivity contribution < 1.29 is 14.6 Å². The normalized spacial score (nSPS) is 21.3. The zero-order chi connectivity index (χ0) is 22.8. The highest BCUT2D eigenvalue weighted by Gasteiger charge is 2.66. The van der Waals surface area contributed by atoms with E-state index < -0.39 is 0 Å². The van der Waals surface area contributed by atoms with Gasteiger partial charge in [0.25, 0.3) is 0 Å². The van der Waals surface area contributed by atoms with Gasteiger partial charge in [0, 0.05) is 37.2 Å². The number of carbonyl (C=O) groups excluding carboxylic acids is 1. The lowest BCUT2D eigenvalue weighted by Gasteiger charge is -2.71. The lowest BCUT2D eigenvalue weighted by atomic mass is 9.60. The number of rotatable bonds is 7. The van der Waals surface area contributed by atoms with E-state index in [4.69, 9.17) is 4.74 Å². The van der Waals surface area contributed by atoms with Crippen LogP contribution in [0.15, 0.2) is 84.9 Å². The van der Waals surface area contributed by atoms with Crippen molar-refractivity contribution in [1.82, 2.24) is 9.80 Å². The minimum Gasteiger partial charge on any atom is -0.496 e.